The molecule has 1 aliphatic rings. The zero-order valence-electron chi connectivity index (χ0n) is 12.8. The SMILES string of the molecule is NCCCN1CCN(c2cccc(Cl)c2)CC1.O=C(O)C(=O)O. The van der Waals surface area contributed by atoms with Crippen LogP contribution in [0.2, 0.25) is 5.02 Å². The van der Waals surface area contributed by atoms with E-state index in [1.165, 1.54) is 5.69 Å². The number of rotatable bonds is 4. The number of nitrogens with two attached hydrogens (primary N) is 1. The van der Waals surface area contributed by atoms with E-state index < -0.39 is 11.9 Å². The standard InChI is InChI=1S/C13H20ClN3.C2H2O4/c14-12-3-1-4-13(11-12)17-9-7-16(8-10-17)6-2-5-15;3-1(4)2(5)6/h1,3-4,11H,2,5-10,15H2;(H,3,4)(H,5,6). The molecule has 0 bridgehead atoms. The molecule has 0 saturated carbocycles. The number of carbonyl (C=O) groups is 2. The Morgan fingerprint density at radius 1 is 1.13 bits per heavy atom. The van der Waals surface area contributed by atoms with Crippen LogP contribution in [0.1, 0.15) is 6.42 Å². The van der Waals surface area contributed by atoms with E-state index in [9.17, 15) is 0 Å². The highest BCUT2D eigenvalue weighted by Gasteiger charge is 2.16. The molecule has 1 aromatic carbocycles. The van der Waals surface area contributed by atoms with Crippen LogP contribution >= 0.6 is 11.6 Å². The maximum absolute atomic E-state index is 9.10. The van der Waals surface area contributed by atoms with E-state index in [0.717, 1.165) is 50.7 Å². The van der Waals surface area contributed by atoms with E-state index in [-0.39, 0.29) is 0 Å². The molecular formula is C15H22ClN3O4. The molecule has 23 heavy (non-hydrogen) atoms. The first-order valence-corrected chi connectivity index (χ1v) is 7.71. The third kappa shape index (κ3) is 7.32. The number of nitrogens with zero attached hydrogens (tertiary/aromatic N) is 2. The predicted molar refractivity (Wildman–Crippen MR) is 89.0 cm³/mol. The molecule has 1 aliphatic heterocycles. The van der Waals surface area contributed by atoms with Gasteiger partial charge in [-0.15, -0.1) is 0 Å². The number of hydrogen-bond donors (Lipinski definition) is 3. The zero-order chi connectivity index (χ0) is 17.2. The minimum atomic E-state index is -1.82. The van der Waals surface area contributed by atoms with E-state index in [0.29, 0.717) is 0 Å². The number of halogens is 1. The Morgan fingerprint density at radius 3 is 2.22 bits per heavy atom. The minimum Gasteiger partial charge on any atom is -0.473 e. The maximum Gasteiger partial charge on any atom is 0.414 e. The summed E-state index contributed by atoms with van der Waals surface area (Å²) in [5.74, 6) is -3.65. The van der Waals surface area contributed by atoms with Crippen molar-refractivity contribution in [3.63, 3.8) is 0 Å². The van der Waals surface area contributed by atoms with Gasteiger partial charge in [0.2, 0.25) is 0 Å². The Labute approximate surface area is 140 Å². The third-order valence-corrected chi connectivity index (χ3v) is 3.64. The maximum atomic E-state index is 9.10. The molecule has 0 spiro atoms. The molecular weight excluding hydrogens is 322 g/mol. The topological polar surface area (TPSA) is 107 Å². The molecule has 1 fully saturated rings. The molecule has 1 heterocycles. The van der Waals surface area contributed by atoms with Crippen molar-refractivity contribution in [2.24, 2.45) is 5.73 Å². The predicted octanol–water partition coefficient (Wildman–Crippen LogP) is 0.966. The second-order valence-corrected chi connectivity index (χ2v) is 5.50. The van der Waals surface area contributed by atoms with Gasteiger partial charge in [0.25, 0.3) is 0 Å². The molecule has 0 radical (unpaired) electrons. The number of anilines is 1. The first kappa shape index (κ1) is 19.2. The Balaban J connectivity index is 0.000000379. The van der Waals surface area contributed by atoms with Crippen LogP contribution in [0.3, 0.4) is 0 Å². The van der Waals surface area contributed by atoms with E-state index in [4.69, 9.17) is 37.1 Å². The summed E-state index contributed by atoms with van der Waals surface area (Å²) < 4.78 is 0. The van der Waals surface area contributed by atoms with E-state index in [1.807, 2.05) is 18.2 Å². The van der Waals surface area contributed by atoms with Gasteiger partial charge in [-0.05, 0) is 37.7 Å². The first-order chi connectivity index (χ1) is 10.9. The van der Waals surface area contributed by atoms with Crippen molar-refractivity contribution in [3.8, 4) is 0 Å². The average molecular weight is 344 g/mol. The smallest absolute Gasteiger partial charge is 0.414 e. The van der Waals surface area contributed by atoms with Crippen molar-refractivity contribution in [3.05, 3.63) is 29.3 Å². The summed E-state index contributed by atoms with van der Waals surface area (Å²) in [6.07, 6.45) is 1.09. The lowest BCUT2D eigenvalue weighted by Crippen LogP contribution is -2.46. The monoisotopic (exact) mass is 343 g/mol. The largest absolute Gasteiger partial charge is 0.473 e. The number of piperazine rings is 1. The Morgan fingerprint density at radius 2 is 1.74 bits per heavy atom. The molecule has 0 unspecified atom stereocenters. The van der Waals surface area contributed by atoms with Gasteiger partial charge in [0.15, 0.2) is 0 Å². The van der Waals surface area contributed by atoms with Gasteiger partial charge in [0.1, 0.15) is 0 Å². The minimum absolute atomic E-state index is 0.786. The van der Waals surface area contributed by atoms with Crippen molar-refractivity contribution in [2.45, 2.75) is 6.42 Å². The quantitative estimate of drug-likeness (QED) is 0.699. The van der Waals surface area contributed by atoms with E-state index >= 15 is 0 Å². The average Bonchev–Trinajstić information content (AvgIpc) is 2.54. The van der Waals surface area contributed by atoms with Gasteiger partial charge in [-0.3, -0.25) is 4.90 Å². The number of benzene rings is 1. The van der Waals surface area contributed by atoms with Gasteiger partial charge < -0.3 is 20.8 Å². The second kappa shape index (κ2) is 10.0. The fourth-order valence-corrected chi connectivity index (χ4v) is 2.40. The molecule has 0 atom stereocenters. The van der Waals surface area contributed by atoms with Gasteiger partial charge in [-0.1, -0.05) is 17.7 Å². The first-order valence-electron chi connectivity index (χ1n) is 7.33. The van der Waals surface area contributed by atoms with Crippen LogP contribution in [0, 0.1) is 0 Å². The highest BCUT2D eigenvalue weighted by Crippen LogP contribution is 2.20. The lowest BCUT2D eigenvalue weighted by atomic mass is 10.2. The summed E-state index contributed by atoms with van der Waals surface area (Å²) in [7, 11) is 0. The molecule has 8 heteroatoms. The van der Waals surface area contributed by atoms with Crippen molar-refractivity contribution < 1.29 is 19.8 Å². The van der Waals surface area contributed by atoms with Crippen molar-refractivity contribution >= 4 is 29.2 Å². The Kier molecular flexibility index (Phi) is 8.39. The van der Waals surface area contributed by atoms with Gasteiger partial charge >= 0.3 is 11.9 Å². The zero-order valence-corrected chi connectivity index (χ0v) is 13.6. The summed E-state index contributed by atoms with van der Waals surface area (Å²) >= 11 is 6.01. The van der Waals surface area contributed by atoms with Crippen LogP contribution in [-0.2, 0) is 9.59 Å². The summed E-state index contributed by atoms with van der Waals surface area (Å²) in [6.45, 7) is 6.29. The lowest BCUT2D eigenvalue weighted by molar-refractivity contribution is -0.159. The highest BCUT2D eigenvalue weighted by molar-refractivity contribution is 6.30. The fraction of sp³-hybridized carbons (Fsp3) is 0.467. The normalized spacial score (nSPS) is 14.8. The lowest BCUT2D eigenvalue weighted by Gasteiger charge is -2.36. The molecule has 0 amide bonds. The van der Waals surface area contributed by atoms with Crippen molar-refractivity contribution in [2.75, 3.05) is 44.2 Å². The van der Waals surface area contributed by atoms with Crippen molar-refractivity contribution in [1.29, 1.82) is 0 Å². The molecule has 1 saturated heterocycles. The molecule has 128 valence electrons. The van der Waals surface area contributed by atoms with Crippen LogP contribution in [0.15, 0.2) is 24.3 Å². The summed E-state index contributed by atoms with van der Waals surface area (Å²) in [5, 5.41) is 15.6. The number of aliphatic carboxylic acids is 2. The Bertz CT molecular complexity index is 507. The van der Waals surface area contributed by atoms with Gasteiger partial charge in [0.05, 0.1) is 0 Å². The molecule has 4 N–H and O–H groups in total. The van der Waals surface area contributed by atoms with Crippen LogP contribution < -0.4 is 10.6 Å². The van der Waals surface area contributed by atoms with Crippen LogP contribution in [0.5, 0.6) is 0 Å². The summed E-state index contributed by atoms with van der Waals surface area (Å²) in [6, 6.07) is 8.10. The van der Waals surface area contributed by atoms with E-state index in [1.54, 1.807) is 0 Å². The molecule has 0 aromatic heterocycles. The van der Waals surface area contributed by atoms with Crippen molar-refractivity contribution in [1.82, 2.24) is 4.90 Å². The summed E-state index contributed by atoms with van der Waals surface area (Å²) in [5.41, 5.74) is 6.76. The Hall–Kier alpha value is -1.83. The molecule has 7 nitrogen and oxygen atoms in total. The third-order valence-electron chi connectivity index (χ3n) is 3.41. The van der Waals surface area contributed by atoms with E-state index in [2.05, 4.69) is 15.9 Å². The highest BCUT2D eigenvalue weighted by atomic mass is 35.5. The van der Waals surface area contributed by atoms with Crippen LogP contribution in [-0.4, -0.2) is 66.3 Å². The van der Waals surface area contributed by atoms with Gasteiger partial charge in [-0.2, -0.15) is 0 Å². The summed E-state index contributed by atoms with van der Waals surface area (Å²) in [4.78, 5) is 23.1. The molecule has 2 rings (SSSR count). The van der Waals surface area contributed by atoms with Gasteiger partial charge in [-0.25, -0.2) is 9.59 Å². The van der Waals surface area contributed by atoms with Gasteiger partial charge in [0, 0.05) is 36.9 Å². The number of carboxylic acids is 2. The fourth-order valence-electron chi connectivity index (χ4n) is 2.22. The van der Waals surface area contributed by atoms with Crippen LogP contribution in [0.25, 0.3) is 0 Å². The molecule has 0 aliphatic carbocycles. The molecule has 1 aromatic rings. The van der Waals surface area contributed by atoms with Crippen LogP contribution in [0.4, 0.5) is 5.69 Å². The number of hydrogen-bond acceptors (Lipinski definition) is 5. The number of carboxylic acid groups (broad SMARTS) is 2. The second-order valence-electron chi connectivity index (χ2n) is 5.06.